The Balaban J connectivity index is 1.71. The number of amides is 2. The Labute approximate surface area is 147 Å². The van der Waals surface area contributed by atoms with Crippen molar-refractivity contribution in [2.24, 2.45) is 5.10 Å². The smallest absolute Gasteiger partial charge is 0.270 e. The molecule has 1 saturated heterocycles. The Hall–Kier alpha value is -2.25. The van der Waals surface area contributed by atoms with Crippen molar-refractivity contribution < 1.29 is 14.1 Å². The average molecular weight is 347 g/mol. The van der Waals surface area contributed by atoms with Crippen molar-refractivity contribution in [3.8, 4) is 0 Å². The van der Waals surface area contributed by atoms with Crippen molar-refractivity contribution in [1.29, 1.82) is 0 Å². The summed E-state index contributed by atoms with van der Waals surface area (Å²) in [6.07, 6.45) is 3.29. The van der Waals surface area contributed by atoms with Crippen LogP contribution < -0.4 is 0 Å². The van der Waals surface area contributed by atoms with Gasteiger partial charge in [0.2, 0.25) is 11.8 Å². The Morgan fingerprint density at radius 2 is 2.16 bits per heavy atom. The van der Waals surface area contributed by atoms with Gasteiger partial charge in [-0.15, -0.1) is 0 Å². The van der Waals surface area contributed by atoms with Crippen LogP contribution in [-0.2, 0) is 16.0 Å². The molecule has 1 fully saturated rings. The summed E-state index contributed by atoms with van der Waals surface area (Å²) in [5.41, 5.74) is 0.469. The van der Waals surface area contributed by atoms with E-state index >= 15 is 0 Å². The van der Waals surface area contributed by atoms with Gasteiger partial charge >= 0.3 is 0 Å². The molecule has 136 valence electrons. The SMILES string of the molecule is CCc1nc(C2CCCN(C(=O)C3=NN(C(C)C)C(=O)CC3)C2)no1. The Kier molecular flexibility index (Phi) is 5.15. The summed E-state index contributed by atoms with van der Waals surface area (Å²) in [4.78, 5) is 31.0. The molecule has 1 atom stereocenters. The van der Waals surface area contributed by atoms with E-state index in [9.17, 15) is 9.59 Å². The highest BCUT2D eigenvalue weighted by molar-refractivity contribution is 6.39. The van der Waals surface area contributed by atoms with Crippen LogP contribution in [-0.4, -0.2) is 56.7 Å². The van der Waals surface area contributed by atoms with E-state index in [2.05, 4.69) is 15.2 Å². The molecule has 2 amide bonds. The predicted octanol–water partition coefficient (Wildman–Crippen LogP) is 1.72. The van der Waals surface area contributed by atoms with Crippen molar-refractivity contribution in [3.63, 3.8) is 0 Å². The quantitative estimate of drug-likeness (QED) is 0.827. The van der Waals surface area contributed by atoms with Crippen molar-refractivity contribution >= 4 is 17.5 Å². The minimum atomic E-state index is -0.0814. The molecule has 8 nitrogen and oxygen atoms in total. The summed E-state index contributed by atoms with van der Waals surface area (Å²) < 4.78 is 5.20. The van der Waals surface area contributed by atoms with Gasteiger partial charge in [0, 0.05) is 44.3 Å². The van der Waals surface area contributed by atoms with Crippen molar-refractivity contribution in [2.75, 3.05) is 13.1 Å². The molecular formula is C17H25N5O3. The molecule has 3 heterocycles. The van der Waals surface area contributed by atoms with Crippen LogP contribution in [0.1, 0.15) is 64.1 Å². The third kappa shape index (κ3) is 3.72. The molecule has 1 unspecified atom stereocenters. The molecule has 0 radical (unpaired) electrons. The molecule has 0 aliphatic carbocycles. The molecule has 0 bridgehead atoms. The Bertz CT molecular complexity index is 682. The maximum Gasteiger partial charge on any atom is 0.270 e. The normalized spacial score (nSPS) is 21.7. The van der Waals surface area contributed by atoms with Gasteiger partial charge in [-0.3, -0.25) is 9.59 Å². The zero-order chi connectivity index (χ0) is 18.0. The van der Waals surface area contributed by atoms with Gasteiger partial charge in [-0.1, -0.05) is 12.1 Å². The largest absolute Gasteiger partial charge is 0.339 e. The Morgan fingerprint density at radius 3 is 2.84 bits per heavy atom. The van der Waals surface area contributed by atoms with E-state index in [4.69, 9.17) is 4.52 Å². The number of carbonyl (C=O) groups is 2. The molecule has 1 aromatic rings. The molecule has 0 aromatic carbocycles. The fourth-order valence-corrected chi connectivity index (χ4v) is 3.26. The highest BCUT2D eigenvalue weighted by Crippen LogP contribution is 2.26. The van der Waals surface area contributed by atoms with E-state index in [1.807, 2.05) is 25.7 Å². The Morgan fingerprint density at radius 1 is 1.36 bits per heavy atom. The van der Waals surface area contributed by atoms with Crippen LogP contribution in [0.3, 0.4) is 0 Å². The summed E-state index contributed by atoms with van der Waals surface area (Å²) in [7, 11) is 0. The molecule has 8 heteroatoms. The van der Waals surface area contributed by atoms with Crippen LogP contribution in [0.5, 0.6) is 0 Å². The number of likely N-dealkylation sites (tertiary alicyclic amines) is 1. The lowest BCUT2D eigenvalue weighted by Crippen LogP contribution is -2.46. The van der Waals surface area contributed by atoms with E-state index in [1.54, 1.807) is 0 Å². The van der Waals surface area contributed by atoms with Crippen LogP contribution in [0, 0.1) is 0 Å². The second kappa shape index (κ2) is 7.33. The van der Waals surface area contributed by atoms with E-state index in [1.165, 1.54) is 5.01 Å². The van der Waals surface area contributed by atoms with E-state index in [0.29, 0.717) is 49.8 Å². The topological polar surface area (TPSA) is 91.9 Å². The second-order valence-electron chi connectivity index (χ2n) is 6.87. The van der Waals surface area contributed by atoms with E-state index in [0.717, 1.165) is 12.8 Å². The van der Waals surface area contributed by atoms with Gasteiger partial charge in [-0.25, -0.2) is 5.01 Å². The van der Waals surface area contributed by atoms with Gasteiger partial charge in [-0.2, -0.15) is 10.1 Å². The lowest BCUT2D eigenvalue weighted by molar-refractivity contribution is -0.133. The first-order valence-electron chi connectivity index (χ1n) is 9.00. The van der Waals surface area contributed by atoms with Crippen molar-refractivity contribution in [2.45, 2.75) is 64.8 Å². The first kappa shape index (κ1) is 17.6. The molecule has 2 aliphatic rings. The molecule has 0 saturated carbocycles. The van der Waals surface area contributed by atoms with Crippen molar-refractivity contribution in [3.05, 3.63) is 11.7 Å². The highest BCUT2D eigenvalue weighted by Gasteiger charge is 2.32. The standard InChI is InChI=1S/C17H25N5O3/c1-4-14-18-16(20-25-14)12-6-5-9-21(10-12)17(24)13-7-8-15(23)22(19-13)11(2)3/h11-12H,4-10H2,1-3H3. The van der Waals surface area contributed by atoms with Gasteiger partial charge in [0.25, 0.3) is 5.91 Å². The molecule has 0 spiro atoms. The minimum absolute atomic E-state index is 0.0260. The summed E-state index contributed by atoms with van der Waals surface area (Å²) >= 11 is 0. The van der Waals surface area contributed by atoms with Gasteiger partial charge < -0.3 is 9.42 Å². The number of hydrogen-bond acceptors (Lipinski definition) is 6. The van der Waals surface area contributed by atoms with Gasteiger partial charge in [0.1, 0.15) is 5.71 Å². The van der Waals surface area contributed by atoms with Gasteiger partial charge in [0.15, 0.2) is 5.82 Å². The highest BCUT2D eigenvalue weighted by atomic mass is 16.5. The molecule has 3 rings (SSSR count). The van der Waals surface area contributed by atoms with E-state index < -0.39 is 0 Å². The second-order valence-corrected chi connectivity index (χ2v) is 6.87. The van der Waals surface area contributed by atoms with Crippen LogP contribution in [0.15, 0.2) is 9.62 Å². The zero-order valence-electron chi connectivity index (χ0n) is 15.1. The number of piperidine rings is 1. The maximum absolute atomic E-state index is 12.9. The number of hydrogen-bond donors (Lipinski definition) is 0. The monoisotopic (exact) mass is 347 g/mol. The maximum atomic E-state index is 12.9. The molecule has 0 N–H and O–H groups in total. The van der Waals surface area contributed by atoms with Crippen LogP contribution >= 0.6 is 0 Å². The average Bonchev–Trinajstić information content (AvgIpc) is 3.10. The fourth-order valence-electron chi connectivity index (χ4n) is 3.26. The van der Waals surface area contributed by atoms with E-state index in [-0.39, 0.29) is 23.8 Å². The third-order valence-electron chi connectivity index (χ3n) is 4.66. The number of aryl methyl sites for hydroxylation is 1. The van der Waals surface area contributed by atoms with Crippen LogP contribution in [0.4, 0.5) is 0 Å². The van der Waals surface area contributed by atoms with Gasteiger partial charge in [-0.05, 0) is 26.7 Å². The summed E-state index contributed by atoms with van der Waals surface area (Å²) in [6, 6.07) is -0.0449. The molecule has 25 heavy (non-hydrogen) atoms. The van der Waals surface area contributed by atoms with Crippen molar-refractivity contribution in [1.82, 2.24) is 20.0 Å². The predicted molar refractivity (Wildman–Crippen MR) is 90.9 cm³/mol. The number of nitrogens with zero attached hydrogens (tertiary/aromatic N) is 5. The van der Waals surface area contributed by atoms with Crippen LogP contribution in [0.2, 0.25) is 0 Å². The fraction of sp³-hybridized carbons (Fsp3) is 0.706. The third-order valence-corrected chi connectivity index (χ3v) is 4.66. The minimum Gasteiger partial charge on any atom is -0.339 e. The number of hydrazone groups is 1. The summed E-state index contributed by atoms with van der Waals surface area (Å²) in [6.45, 7) is 7.02. The van der Waals surface area contributed by atoms with Crippen LogP contribution in [0.25, 0.3) is 0 Å². The van der Waals surface area contributed by atoms with Gasteiger partial charge in [0.05, 0.1) is 0 Å². The number of carbonyl (C=O) groups excluding carboxylic acids is 2. The summed E-state index contributed by atoms with van der Waals surface area (Å²) in [5.74, 6) is 1.29. The number of aromatic nitrogens is 2. The first-order valence-corrected chi connectivity index (χ1v) is 9.00. The zero-order valence-corrected chi connectivity index (χ0v) is 15.1. The lowest BCUT2D eigenvalue weighted by atomic mass is 9.96. The first-order chi connectivity index (χ1) is 12.0. The molecule has 2 aliphatic heterocycles. The lowest BCUT2D eigenvalue weighted by Gasteiger charge is -2.33. The number of rotatable bonds is 4. The molecular weight excluding hydrogens is 322 g/mol. The molecule has 1 aromatic heterocycles. The summed E-state index contributed by atoms with van der Waals surface area (Å²) in [5, 5.41) is 9.79.